The zero-order valence-corrected chi connectivity index (χ0v) is 15.6. The molecule has 1 N–H and O–H groups in total. The molecule has 28 heavy (non-hydrogen) atoms. The summed E-state index contributed by atoms with van der Waals surface area (Å²) < 4.78 is 26.3. The first-order valence-corrected chi connectivity index (χ1v) is 8.74. The van der Waals surface area contributed by atoms with Gasteiger partial charge in [-0.2, -0.15) is 5.10 Å². The molecule has 3 aromatic rings. The minimum absolute atomic E-state index is 0.104. The summed E-state index contributed by atoms with van der Waals surface area (Å²) >= 11 is 0. The zero-order valence-electron chi connectivity index (χ0n) is 15.6. The van der Waals surface area contributed by atoms with Crippen molar-refractivity contribution in [2.75, 3.05) is 19.0 Å². The van der Waals surface area contributed by atoms with Crippen molar-refractivity contribution in [3.8, 4) is 11.1 Å². The predicted molar refractivity (Wildman–Crippen MR) is 103 cm³/mol. The molecule has 8 heteroatoms. The summed E-state index contributed by atoms with van der Waals surface area (Å²) in [5.74, 6) is -0.330. The summed E-state index contributed by atoms with van der Waals surface area (Å²) in [4.78, 5) is 18.6. The molecular formula is C20H21F2N5O. The van der Waals surface area contributed by atoms with Crippen LogP contribution >= 0.6 is 0 Å². The van der Waals surface area contributed by atoms with Crippen molar-refractivity contribution in [3.05, 3.63) is 66.2 Å². The van der Waals surface area contributed by atoms with E-state index in [9.17, 15) is 13.6 Å². The molecule has 0 saturated carbocycles. The molecule has 3 rings (SSSR count). The van der Waals surface area contributed by atoms with Crippen LogP contribution in [0.2, 0.25) is 0 Å². The third-order valence-corrected chi connectivity index (χ3v) is 4.26. The van der Waals surface area contributed by atoms with Crippen molar-refractivity contribution >= 4 is 11.6 Å². The molecule has 0 aliphatic rings. The molecule has 1 amide bonds. The number of nitrogens with one attached hydrogen (secondary N) is 1. The number of carbonyl (C=O) groups is 1. The van der Waals surface area contributed by atoms with Crippen LogP contribution in [0.1, 0.15) is 16.1 Å². The molecule has 6 nitrogen and oxygen atoms in total. The van der Waals surface area contributed by atoms with Crippen molar-refractivity contribution < 1.29 is 13.6 Å². The van der Waals surface area contributed by atoms with Crippen LogP contribution in [-0.4, -0.2) is 41.2 Å². The van der Waals surface area contributed by atoms with Crippen molar-refractivity contribution in [2.24, 2.45) is 0 Å². The highest BCUT2D eigenvalue weighted by Crippen LogP contribution is 2.22. The molecule has 0 atom stereocenters. The highest BCUT2D eigenvalue weighted by Gasteiger charge is 2.12. The van der Waals surface area contributed by atoms with Gasteiger partial charge in [0.2, 0.25) is 0 Å². The average Bonchev–Trinajstić information content (AvgIpc) is 3.12. The predicted octanol–water partition coefficient (Wildman–Crippen LogP) is 3.21. The molecular weight excluding hydrogens is 364 g/mol. The minimum atomic E-state index is -2.51. The lowest BCUT2D eigenvalue weighted by Crippen LogP contribution is -2.25. The highest BCUT2D eigenvalue weighted by molar-refractivity contribution is 5.95. The van der Waals surface area contributed by atoms with Crippen molar-refractivity contribution in [3.63, 3.8) is 0 Å². The van der Waals surface area contributed by atoms with Crippen LogP contribution in [0.15, 0.2) is 55.0 Å². The van der Waals surface area contributed by atoms with Crippen LogP contribution < -0.4 is 10.2 Å². The van der Waals surface area contributed by atoms with E-state index in [-0.39, 0.29) is 12.5 Å². The van der Waals surface area contributed by atoms with E-state index in [0.717, 1.165) is 16.8 Å². The van der Waals surface area contributed by atoms with Gasteiger partial charge in [-0.25, -0.2) is 8.78 Å². The van der Waals surface area contributed by atoms with Crippen LogP contribution in [0.4, 0.5) is 14.5 Å². The third-order valence-electron chi connectivity index (χ3n) is 4.26. The van der Waals surface area contributed by atoms with Crippen LogP contribution in [-0.2, 0) is 13.1 Å². The lowest BCUT2D eigenvalue weighted by atomic mass is 10.1. The summed E-state index contributed by atoms with van der Waals surface area (Å²) in [6, 6.07) is 11.3. The molecule has 0 aliphatic heterocycles. The number of halogens is 2. The Morgan fingerprint density at radius 2 is 1.89 bits per heavy atom. The van der Waals surface area contributed by atoms with E-state index in [1.54, 1.807) is 18.3 Å². The van der Waals surface area contributed by atoms with Gasteiger partial charge in [-0.15, -0.1) is 0 Å². The second-order valence-corrected chi connectivity index (χ2v) is 6.48. The number of alkyl halides is 2. The van der Waals surface area contributed by atoms with Crippen LogP contribution in [0.5, 0.6) is 0 Å². The molecule has 0 bridgehead atoms. The van der Waals surface area contributed by atoms with E-state index in [4.69, 9.17) is 0 Å². The van der Waals surface area contributed by atoms with E-state index in [1.165, 1.54) is 17.1 Å². The molecule has 0 radical (unpaired) electrons. The maximum absolute atomic E-state index is 12.6. The van der Waals surface area contributed by atoms with Gasteiger partial charge >= 0.3 is 0 Å². The first kappa shape index (κ1) is 19.5. The van der Waals surface area contributed by atoms with E-state index in [0.29, 0.717) is 11.3 Å². The van der Waals surface area contributed by atoms with Gasteiger partial charge in [0, 0.05) is 43.9 Å². The van der Waals surface area contributed by atoms with E-state index >= 15 is 0 Å². The SMILES string of the molecule is CN(C)c1ccc(-c2cncc(C(=O)NCc3ccnn3CC(F)F)c2)cc1. The smallest absolute Gasteiger partial charge is 0.257 e. The standard InChI is InChI=1S/C20H21F2N5O/c1-26(2)17-5-3-14(4-6-17)15-9-16(11-23-10-15)20(28)24-12-18-7-8-25-27(18)13-19(21)22/h3-11,19H,12-13H2,1-2H3,(H,24,28). The molecule has 2 aromatic heterocycles. The zero-order chi connectivity index (χ0) is 20.1. The Labute approximate surface area is 161 Å². The van der Waals surface area contributed by atoms with Gasteiger partial charge in [-0.1, -0.05) is 12.1 Å². The summed E-state index contributed by atoms with van der Waals surface area (Å²) in [6.45, 7) is -0.397. The Morgan fingerprint density at radius 1 is 1.14 bits per heavy atom. The van der Waals surface area contributed by atoms with Gasteiger partial charge < -0.3 is 10.2 Å². The molecule has 1 aromatic carbocycles. The Balaban J connectivity index is 1.70. The van der Waals surface area contributed by atoms with Crippen molar-refractivity contribution in [1.82, 2.24) is 20.1 Å². The average molecular weight is 385 g/mol. The van der Waals surface area contributed by atoms with Gasteiger partial charge in [-0.05, 0) is 29.8 Å². The number of nitrogens with zero attached hydrogens (tertiary/aromatic N) is 4. The molecule has 0 spiro atoms. The number of pyridine rings is 1. The molecule has 0 fully saturated rings. The summed E-state index contributed by atoms with van der Waals surface area (Å²) in [6.07, 6.45) is 2.10. The van der Waals surface area contributed by atoms with Crippen LogP contribution in [0, 0.1) is 0 Å². The number of hydrogen-bond donors (Lipinski definition) is 1. The second-order valence-electron chi connectivity index (χ2n) is 6.48. The second kappa shape index (κ2) is 8.60. The van der Waals surface area contributed by atoms with Crippen LogP contribution in [0.3, 0.4) is 0 Å². The first-order valence-electron chi connectivity index (χ1n) is 8.74. The van der Waals surface area contributed by atoms with E-state index in [1.807, 2.05) is 43.3 Å². The molecule has 146 valence electrons. The topological polar surface area (TPSA) is 63.1 Å². The number of amides is 1. The Kier molecular flexibility index (Phi) is 5.98. The number of benzene rings is 1. The van der Waals surface area contributed by atoms with E-state index in [2.05, 4.69) is 15.4 Å². The quantitative estimate of drug-likeness (QED) is 0.678. The van der Waals surface area contributed by atoms with Gasteiger partial charge in [0.15, 0.2) is 0 Å². The Morgan fingerprint density at radius 3 is 2.57 bits per heavy atom. The van der Waals surface area contributed by atoms with Crippen molar-refractivity contribution in [1.29, 1.82) is 0 Å². The van der Waals surface area contributed by atoms with E-state index < -0.39 is 13.0 Å². The Bertz CT molecular complexity index is 938. The largest absolute Gasteiger partial charge is 0.378 e. The number of rotatable bonds is 7. The summed E-state index contributed by atoms with van der Waals surface area (Å²) in [5.41, 5.74) is 3.75. The monoisotopic (exact) mass is 385 g/mol. The molecule has 0 unspecified atom stereocenters. The highest BCUT2D eigenvalue weighted by atomic mass is 19.3. The number of aromatic nitrogens is 3. The summed E-state index contributed by atoms with van der Waals surface area (Å²) in [5, 5.41) is 6.58. The molecule has 0 aliphatic carbocycles. The maximum atomic E-state index is 12.6. The minimum Gasteiger partial charge on any atom is -0.378 e. The summed E-state index contributed by atoms with van der Waals surface area (Å²) in [7, 11) is 3.93. The lowest BCUT2D eigenvalue weighted by molar-refractivity contribution is 0.0948. The first-order chi connectivity index (χ1) is 13.4. The lowest BCUT2D eigenvalue weighted by Gasteiger charge is -2.13. The third kappa shape index (κ3) is 4.70. The maximum Gasteiger partial charge on any atom is 0.257 e. The van der Waals surface area contributed by atoms with Gasteiger partial charge in [-0.3, -0.25) is 14.5 Å². The number of anilines is 1. The molecule has 2 heterocycles. The number of hydrogen-bond acceptors (Lipinski definition) is 4. The fourth-order valence-electron chi connectivity index (χ4n) is 2.75. The Hall–Kier alpha value is -3.29. The van der Waals surface area contributed by atoms with Gasteiger partial charge in [0.05, 0.1) is 17.8 Å². The fraction of sp³-hybridized carbons (Fsp3) is 0.250. The normalized spacial score (nSPS) is 10.9. The van der Waals surface area contributed by atoms with Gasteiger partial charge in [0.1, 0.15) is 6.54 Å². The van der Waals surface area contributed by atoms with Gasteiger partial charge in [0.25, 0.3) is 12.3 Å². The fourth-order valence-corrected chi connectivity index (χ4v) is 2.75. The van der Waals surface area contributed by atoms with Crippen LogP contribution in [0.25, 0.3) is 11.1 Å². The molecule has 0 saturated heterocycles. The number of carbonyl (C=O) groups excluding carboxylic acids is 1. The van der Waals surface area contributed by atoms with Crippen molar-refractivity contribution in [2.45, 2.75) is 19.5 Å².